The lowest BCUT2D eigenvalue weighted by Crippen LogP contribution is -2.26. The second-order valence-electron chi connectivity index (χ2n) is 5.05. The first kappa shape index (κ1) is 13.1. The van der Waals surface area contributed by atoms with Gasteiger partial charge in [-0.05, 0) is 76.3 Å². The van der Waals surface area contributed by atoms with Crippen LogP contribution in [0.25, 0.3) is 0 Å². The van der Waals surface area contributed by atoms with Gasteiger partial charge in [0.2, 0.25) is 0 Å². The van der Waals surface area contributed by atoms with E-state index >= 15 is 0 Å². The third-order valence-electron chi connectivity index (χ3n) is 3.60. The lowest BCUT2D eigenvalue weighted by Gasteiger charge is -2.17. The summed E-state index contributed by atoms with van der Waals surface area (Å²) in [6, 6.07) is 2.72. The normalized spacial score (nSPS) is 18.7. The fraction of sp³-hybridized carbons (Fsp3) is 0.714. The SMILES string of the molecule is Cc1ccsc1C(C)NCCCN1CCCC1. The summed E-state index contributed by atoms with van der Waals surface area (Å²) in [5.74, 6) is 0. The molecule has 1 N–H and O–H groups in total. The van der Waals surface area contributed by atoms with Gasteiger partial charge in [-0.1, -0.05) is 0 Å². The van der Waals surface area contributed by atoms with Gasteiger partial charge >= 0.3 is 0 Å². The summed E-state index contributed by atoms with van der Waals surface area (Å²) in [7, 11) is 0. The van der Waals surface area contributed by atoms with Gasteiger partial charge in [0.15, 0.2) is 0 Å². The van der Waals surface area contributed by atoms with Gasteiger partial charge < -0.3 is 10.2 Å². The summed E-state index contributed by atoms with van der Waals surface area (Å²) in [6.07, 6.45) is 4.07. The Bertz CT molecular complexity index is 329. The van der Waals surface area contributed by atoms with Gasteiger partial charge in [-0.15, -0.1) is 11.3 Å². The van der Waals surface area contributed by atoms with Crippen molar-refractivity contribution in [2.45, 2.75) is 39.2 Å². The van der Waals surface area contributed by atoms with Crippen molar-refractivity contribution in [2.75, 3.05) is 26.2 Å². The maximum absolute atomic E-state index is 3.63. The predicted molar refractivity (Wildman–Crippen MR) is 75.8 cm³/mol. The molecule has 1 aliphatic rings. The molecule has 2 rings (SSSR count). The molecule has 2 heterocycles. The average Bonchev–Trinajstić information content (AvgIpc) is 2.95. The van der Waals surface area contributed by atoms with Gasteiger partial charge in [-0.2, -0.15) is 0 Å². The van der Waals surface area contributed by atoms with E-state index in [9.17, 15) is 0 Å². The van der Waals surface area contributed by atoms with Crippen LogP contribution < -0.4 is 5.32 Å². The molecule has 3 heteroatoms. The molecule has 1 aliphatic heterocycles. The number of rotatable bonds is 6. The Morgan fingerprint density at radius 3 is 2.82 bits per heavy atom. The van der Waals surface area contributed by atoms with Crippen LogP contribution in [0.2, 0.25) is 0 Å². The quantitative estimate of drug-likeness (QED) is 0.782. The lowest BCUT2D eigenvalue weighted by molar-refractivity contribution is 0.328. The minimum Gasteiger partial charge on any atom is -0.309 e. The van der Waals surface area contributed by atoms with Crippen LogP contribution in [0.5, 0.6) is 0 Å². The van der Waals surface area contributed by atoms with Gasteiger partial charge in [-0.25, -0.2) is 0 Å². The van der Waals surface area contributed by atoms with E-state index in [2.05, 4.69) is 35.5 Å². The van der Waals surface area contributed by atoms with Crippen LogP contribution in [0.15, 0.2) is 11.4 Å². The molecule has 0 spiro atoms. The second kappa shape index (κ2) is 6.53. The van der Waals surface area contributed by atoms with Gasteiger partial charge in [-0.3, -0.25) is 0 Å². The summed E-state index contributed by atoms with van der Waals surface area (Å²) in [5.41, 5.74) is 1.43. The zero-order valence-electron chi connectivity index (χ0n) is 11.0. The van der Waals surface area contributed by atoms with Crippen LogP contribution in [0.3, 0.4) is 0 Å². The molecule has 1 saturated heterocycles. The molecular weight excluding hydrogens is 228 g/mol. The molecule has 96 valence electrons. The number of nitrogens with zero attached hydrogens (tertiary/aromatic N) is 1. The molecule has 2 nitrogen and oxygen atoms in total. The number of nitrogens with one attached hydrogen (secondary N) is 1. The van der Waals surface area contributed by atoms with Crippen LogP contribution in [0.4, 0.5) is 0 Å². The molecular formula is C14H24N2S. The van der Waals surface area contributed by atoms with Crippen LogP contribution in [0, 0.1) is 6.92 Å². The summed E-state index contributed by atoms with van der Waals surface area (Å²) in [6.45, 7) is 9.51. The third-order valence-corrected chi connectivity index (χ3v) is 4.80. The first-order chi connectivity index (χ1) is 8.27. The van der Waals surface area contributed by atoms with Gasteiger partial charge in [0.05, 0.1) is 0 Å². The standard InChI is InChI=1S/C14H24N2S/c1-12-6-11-17-14(12)13(2)15-7-5-10-16-8-3-4-9-16/h6,11,13,15H,3-5,7-10H2,1-2H3. The zero-order chi connectivity index (χ0) is 12.1. The molecule has 0 radical (unpaired) electrons. The molecule has 0 aromatic carbocycles. The van der Waals surface area contributed by atoms with E-state index in [0.29, 0.717) is 6.04 Å². The van der Waals surface area contributed by atoms with Crippen molar-refractivity contribution in [3.63, 3.8) is 0 Å². The van der Waals surface area contributed by atoms with E-state index in [0.717, 1.165) is 6.54 Å². The van der Waals surface area contributed by atoms with E-state index in [1.54, 1.807) is 0 Å². The monoisotopic (exact) mass is 252 g/mol. The number of hydrogen-bond acceptors (Lipinski definition) is 3. The van der Waals surface area contributed by atoms with Crippen molar-refractivity contribution in [1.29, 1.82) is 0 Å². The Hall–Kier alpha value is -0.380. The summed E-state index contributed by atoms with van der Waals surface area (Å²) >= 11 is 1.87. The Kier molecular flexibility index (Phi) is 5.01. The van der Waals surface area contributed by atoms with Crippen LogP contribution in [0.1, 0.15) is 42.7 Å². The molecule has 1 unspecified atom stereocenters. The minimum absolute atomic E-state index is 0.508. The number of likely N-dealkylation sites (tertiary alicyclic amines) is 1. The number of hydrogen-bond donors (Lipinski definition) is 1. The van der Waals surface area contributed by atoms with Crippen LogP contribution >= 0.6 is 11.3 Å². The molecule has 1 aromatic heterocycles. The maximum Gasteiger partial charge on any atom is 0.0388 e. The van der Waals surface area contributed by atoms with Crippen molar-refractivity contribution in [1.82, 2.24) is 10.2 Å². The third kappa shape index (κ3) is 3.80. The van der Waals surface area contributed by atoms with Crippen molar-refractivity contribution >= 4 is 11.3 Å². The van der Waals surface area contributed by atoms with Crippen molar-refractivity contribution < 1.29 is 0 Å². The first-order valence-electron chi connectivity index (χ1n) is 6.77. The molecule has 1 fully saturated rings. The molecule has 1 atom stereocenters. The fourth-order valence-corrected chi connectivity index (χ4v) is 3.51. The number of aryl methyl sites for hydroxylation is 1. The second-order valence-corrected chi connectivity index (χ2v) is 5.99. The van der Waals surface area contributed by atoms with Crippen LogP contribution in [-0.4, -0.2) is 31.1 Å². The lowest BCUT2D eigenvalue weighted by atomic mass is 10.2. The molecule has 0 bridgehead atoms. The topological polar surface area (TPSA) is 15.3 Å². The van der Waals surface area contributed by atoms with Crippen molar-refractivity contribution in [3.05, 3.63) is 21.9 Å². The highest BCUT2D eigenvalue weighted by Crippen LogP contribution is 2.23. The maximum atomic E-state index is 3.63. The Labute approximate surface area is 109 Å². The van der Waals surface area contributed by atoms with Gasteiger partial charge in [0.1, 0.15) is 0 Å². The van der Waals surface area contributed by atoms with E-state index < -0.39 is 0 Å². The number of thiophene rings is 1. The summed E-state index contributed by atoms with van der Waals surface area (Å²) in [4.78, 5) is 4.08. The summed E-state index contributed by atoms with van der Waals surface area (Å²) in [5, 5.41) is 5.82. The largest absolute Gasteiger partial charge is 0.309 e. The van der Waals surface area contributed by atoms with Crippen LogP contribution in [-0.2, 0) is 0 Å². The van der Waals surface area contributed by atoms with Crippen molar-refractivity contribution in [2.24, 2.45) is 0 Å². The predicted octanol–water partition coefficient (Wildman–Crippen LogP) is 3.19. The highest BCUT2D eigenvalue weighted by Gasteiger charge is 2.11. The highest BCUT2D eigenvalue weighted by atomic mass is 32.1. The zero-order valence-corrected chi connectivity index (χ0v) is 11.9. The Balaban J connectivity index is 1.63. The Morgan fingerprint density at radius 1 is 1.41 bits per heavy atom. The fourth-order valence-electron chi connectivity index (χ4n) is 2.55. The Morgan fingerprint density at radius 2 is 2.18 bits per heavy atom. The first-order valence-corrected chi connectivity index (χ1v) is 7.65. The molecule has 17 heavy (non-hydrogen) atoms. The van der Waals surface area contributed by atoms with E-state index in [-0.39, 0.29) is 0 Å². The van der Waals surface area contributed by atoms with E-state index in [1.807, 2.05) is 11.3 Å². The highest BCUT2D eigenvalue weighted by molar-refractivity contribution is 7.10. The summed E-state index contributed by atoms with van der Waals surface area (Å²) < 4.78 is 0. The van der Waals surface area contributed by atoms with Gasteiger partial charge in [0.25, 0.3) is 0 Å². The van der Waals surface area contributed by atoms with E-state index in [1.165, 1.54) is 49.3 Å². The van der Waals surface area contributed by atoms with Crippen molar-refractivity contribution in [3.8, 4) is 0 Å². The molecule has 1 aromatic rings. The minimum atomic E-state index is 0.508. The van der Waals surface area contributed by atoms with Gasteiger partial charge in [0, 0.05) is 10.9 Å². The van der Waals surface area contributed by atoms with E-state index in [4.69, 9.17) is 0 Å². The smallest absolute Gasteiger partial charge is 0.0388 e. The molecule has 0 aliphatic carbocycles. The molecule has 0 saturated carbocycles. The average molecular weight is 252 g/mol. The molecule has 0 amide bonds.